The Kier molecular flexibility index (Phi) is 4.94. The van der Waals surface area contributed by atoms with Crippen LogP contribution in [0.5, 0.6) is 0 Å². The number of rotatable bonds is 5. The lowest BCUT2D eigenvalue weighted by molar-refractivity contribution is -0.120. The monoisotopic (exact) mass is 267 g/mol. The van der Waals surface area contributed by atoms with E-state index < -0.39 is 0 Å². The van der Waals surface area contributed by atoms with E-state index in [-0.39, 0.29) is 5.91 Å². The molecule has 0 aromatic heterocycles. The molecule has 2 rings (SSSR count). The van der Waals surface area contributed by atoms with Crippen LogP contribution in [0.3, 0.4) is 0 Å². The first-order valence-corrected chi connectivity index (χ1v) is 7.04. The zero-order valence-corrected chi connectivity index (χ0v) is 12.1. The molecular weight excluding hydrogens is 246 g/mol. The van der Waals surface area contributed by atoms with Crippen LogP contribution in [0.25, 0.3) is 0 Å². The van der Waals surface area contributed by atoms with E-state index in [1.54, 1.807) is 0 Å². The second-order valence-electron chi connectivity index (χ2n) is 5.34. The van der Waals surface area contributed by atoms with E-state index in [0.717, 1.165) is 11.1 Å². The first-order valence-electron chi connectivity index (χ1n) is 7.04. The van der Waals surface area contributed by atoms with Crippen molar-refractivity contribution in [3.8, 4) is 0 Å². The molecule has 0 heterocycles. The van der Waals surface area contributed by atoms with Crippen molar-refractivity contribution in [1.82, 2.24) is 5.32 Å². The lowest BCUT2D eigenvalue weighted by Crippen LogP contribution is -2.24. The molecule has 0 aliphatic carbocycles. The molecule has 2 heteroatoms. The van der Waals surface area contributed by atoms with Crippen molar-refractivity contribution in [2.45, 2.75) is 32.7 Å². The topological polar surface area (TPSA) is 29.1 Å². The van der Waals surface area contributed by atoms with E-state index in [1.165, 1.54) is 5.56 Å². The quantitative estimate of drug-likeness (QED) is 0.880. The van der Waals surface area contributed by atoms with Gasteiger partial charge in [0.25, 0.3) is 0 Å². The van der Waals surface area contributed by atoms with Crippen LogP contribution >= 0.6 is 0 Å². The average Bonchev–Trinajstić information content (AvgIpc) is 2.46. The van der Waals surface area contributed by atoms with Gasteiger partial charge in [0, 0.05) is 6.54 Å². The summed E-state index contributed by atoms with van der Waals surface area (Å²) >= 11 is 0. The minimum absolute atomic E-state index is 0.0594. The lowest BCUT2D eigenvalue weighted by Gasteiger charge is -2.08. The van der Waals surface area contributed by atoms with Crippen molar-refractivity contribution in [2.24, 2.45) is 0 Å². The second-order valence-corrected chi connectivity index (χ2v) is 5.34. The van der Waals surface area contributed by atoms with Gasteiger partial charge in [-0.05, 0) is 22.6 Å². The molecule has 2 aromatic rings. The smallest absolute Gasteiger partial charge is 0.224 e. The van der Waals surface area contributed by atoms with Gasteiger partial charge >= 0.3 is 0 Å². The standard InChI is InChI=1S/C18H21NO/c1-14(2)17-10-8-16(9-11-17)13-19-18(20)12-15-6-4-3-5-7-15/h3-11,14H,12-13H2,1-2H3,(H,19,20). The zero-order chi connectivity index (χ0) is 14.4. The highest BCUT2D eigenvalue weighted by molar-refractivity contribution is 5.78. The van der Waals surface area contributed by atoms with Crippen LogP contribution in [0.2, 0.25) is 0 Å². The summed E-state index contributed by atoms with van der Waals surface area (Å²) in [7, 11) is 0. The summed E-state index contributed by atoms with van der Waals surface area (Å²) in [5.74, 6) is 0.598. The van der Waals surface area contributed by atoms with Crippen molar-refractivity contribution in [3.63, 3.8) is 0 Å². The van der Waals surface area contributed by atoms with Crippen molar-refractivity contribution >= 4 is 5.91 Å². The zero-order valence-electron chi connectivity index (χ0n) is 12.1. The molecule has 0 radical (unpaired) electrons. The van der Waals surface area contributed by atoms with E-state index in [9.17, 15) is 4.79 Å². The summed E-state index contributed by atoms with van der Waals surface area (Å²) in [6, 6.07) is 18.2. The molecule has 0 bridgehead atoms. The van der Waals surface area contributed by atoms with E-state index in [1.807, 2.05) is 30.3 Å². The molecule has 1 N–H and O–H groups in total. The molecule has 0 saturated carbocycles. The fourth-order valence-electron chi connectivity index (χ4n) is 2.06. The van der Waals surface area contributed by atoms with Gasteiger partial charge in [0.15, 0.2) is 0 Å². The van der Waals surface area contributed by atoms with Gasteiger partial charge in [-0.2, -0.15) is 0 Å². The van der Waals surface area contributed by atoms with Gasteiger partial charge in [-0.25, -0.2) is 0 Å². The molecule has 2 nitrogen and oxygen atoms in total. The molecule has 0 aliphatic rings. The minimum Gasteiger partial charge on any atom is -0.352 e. The third-order valence-corrected chi connectivity index (χ3v) is 3.34. The van der Waals surface area contributed by atoms with Gasteiger partial charge in [-0.1, -0.05) is 68.4 Å². The Morgan fingerprint density at radius 1 is 0.950 bits per heavy atom. The van der Waals surface area contributed by atoms with E-state index in [4.69, 9.17) is 0 Å². The third-order valence-electron chi connectivity index (χ3n) is 3.34. The predicted octanol–water partition coefficient (Wildman–Crippen LogP) is 3.67. The van der Waals surface area contributed by atoms with Crippen LogP contribution < -0.4 is 5.32 Å². The van der Waals surface area contributed by atoms with Gasteiger partial charge in [0.05, 0.1) is 6.42 Å². The molecule has 0 spiro atoms. The SMILES string of the molecule is CC(C)c1ccc(CNC(=O)Cc2ccccc2)cc1. The fourth-order valence-corrected chi connectivity index (χ4v) is 2.06. The molecule has 0 saturated heterocycles. The minimum atomic E-state index is 0.0594. The largest absolute Gasteiger partial charge is 0.352 e. The van der Waals surface area contributed by atoms with Gasteiger partial charge in [-0.15, -0.1) is 0 Å². The van der Waals surface area contributed by atoms with Crippen LogP contribution in [-0.2, 0) is 17.8 Å². The molecule has 2 aromatic carbocycles. The second kappa shape index (κ2) is 6.90. The maximum absolute atomic E-state index is 11.8. The Bertz CT molecular complexity index is 543. The first kappa shape index (κ1) is 14.3. The predicted molar refractivity (Wildman–Crippen MR) is 82.5 cm³/mol. The van der Waals surface area contributed by atoms with Gasteiger partial charge < -0.3 is 5.32 Å². The molecule has 0 aliphatic heterocycles. The normalized spacial score (nSPS) is 10.6. The van der Waals surface area contributed by atoms with Crippen LogP contribution in [0, 0.1) is 0 Å². The first-order chi connectivity index (χ1) is 9.65. The maximum Gasteiger partial charge on any atom is 0.224 e. The summed E-state index contributed by atoms with van der Waals surface area (Å²) in [5, 5.41) is 2.96. The van der Waals surface area contributed by atoms with Gasteiger partial charge in [0.2, 0.25) is 5.91 Å². The Hall–Kier alpha value is -2.09. The van der Waals surface area contributed by atoms with Crippen LogP contribution in [0.1, 0.15) is 36.5 Å². The number of nitrogens with one attached hydrogen (secondary N) is 1. The van der Waals surface area contributed by atoms with Crippen LogP contribution in [-0.4, -0.2) is 5.91 Å². The van der Waals surface area contributed by atoms with E-state index in [2.05, 4.69) is 43.4 Å². The van der Waals surface area contributed by atoms with Crippen LogP contribution in [0.4, 0.5) is 0 Å². The van der Waals surface area contributed by atoms with E-state index in [0.29, 0.717) is 18.9 Å². The maximum atomic E-state index is 11.8. The highest BCUT2D eigenvalue weighted by atomic mass is 16.1. The summed E-state index contributed by atoms with van der Waals surface area (Å²) in [5.41, 5.74) is 3.50. The molecule has 104 valence electrons. The number of benzene rings is 2. The number of hydrogen-bond donors (Lipinski definition) is 1. The van der Waals surface area contributed by atoms with E-state index >= 15 is 0 Å². The highest BCUT2D eigenvalue weighted by Gasteiger charge is 2.03. The van der Waals surface area contributed by atoms with Crippen molar-refractivity contribution in [1.29, 1.82) is 0 Å². The number of hydrogen-bond acceptors (Lipinski definition) is 1. The summed E-state index contributed by atoms with van der Waals surface area (Å²) in [6.45, 7) is 4.94. The Morgan fingerprint density at radius 3 is 2.20 bits per heavy atom. The highest BCUT2D eigenvalue weighted by Crippen LogP contribution is 2.14. The summed E-state index contributed by atoms with van der Waals surface area (Å²) in [6.07, 6.45) is 0.435. The molecule has 1 amide bonds. The molecular formula is C18H21NO. The molecule has 20 heavy (non-hydrogen) atoms. The fraction of sp³-hybridized carbons (Fsp3) is 0.278. The Balaban J connectivity index is 1.84. The summed E-state index contributed by atoms with van der Waals surface area (Å²) in [4.78, 5) is 11.8. The Morgan fingerprint density at radius 2 is 1.60 bits per heavy atom. The summed E-state index contributed by atoms with van der Waals surface area (Å²) < 4.78 is 0. The van der Waals surface area contributed by atoms with Gasteiger partial charge in [0.1, 0.15) is 0 Å². The number of carbonyl (C=O) groups excluding carboxylic acids is 1. The number of carbonyl (C=O) groups is 1. The molecule has 0 atom stereocenters. The third kappa shape index (κ3) is 4.23. The number of amides is 1. The van der Waals surface area contributed by atoms with Crippen molar-refractivity contribution < 1.29 is 4.79 Å². The van der Waals surface area contributed by atoms with Crippen LogP contribution in [0.15, 0.2) is 54.6 Å². The van der Waals surface area contributed by atoms with Crippen molar-refractivity contribution in [3.05, 3.63) is 71.3 Å². The molecule has 0 fully saturated rings. The average molecular weight is 267 g/mol. The Labute approximate surface area is 120 Å². The lowest BCUT2D eigenvalue weighted by atomic mass is 10.0. The molecule has 0 unspecified atom stereocenters. The van der Waals surface area contributed by atoms with Gasteiger partial charge in [-0.3, -0.25) is 4.79 Å². The van der Waals surface area contributed by atoms with Crippen molar-refractivity contribution in [2.75, 3.05) is 0 Å².